The van der Waals surface area contributed by atoms with Gasteiger partial charge in [0.2, 0.25) is 0 Å². The molecule has 2 aromatic heterocycles. The van der Waals surface area contributed by atoms with Gasteiger partial charge in [-0.1, -0.05) is 38.1 Å². The molecule has 176 valence electrons. The van der Waals surface area contributed by atoms with Crippen LogP contribution in [0.15, 0.2) is 42.7 Å². The highest BCUT2D eigenvalue weighted by atomic mass is 16.1. The minimum atomic E-state index is -0.183. The van der Waals surface area contributed by atoms with E-state index in [1.165, 1.54) is 12.8 Å². The highest BCUT2D eigenvalue weighted by Crippen LogP contribution is 2.26. The van der Waals surface area contributed by atoms with E-state index in [1.807, 2.05) is 44.2 Å². The number of nitrogens with zero attached hydrogens (tertiary/aromatic N) is 3. The van der Waals surface area contributed by atoms with E-state index in [-0.39, 0.29) is 11.9 Å². The van der Waals surface area contributed by atoms with Crippen LogP contribution < -0.4 is 26.6 Å². The lowest BCUT2D eigenvalue weighted by atomic mass is 10.1. The number of nitrogens with one attached hydrogen (secondary N) is 3. The summed E-state index contributed by atoms with van der Waals surface area (Å²) in [5, 5.41) is 11.2. The summed E-state index contributed by atoms with van der Waals surface area (Å²) in [5.74, 6) is 1.34. The summed E-state index contributed by atoms with van der Waals surface area (Å²) in [6.45, 7) is 10.2. The molecule has 0 aliphatic heterocycles. The molecule has 34 heavy (non-hydrogen) atoms. The molecule has 1 aromatic carbocycles. The van der Waals surface area contributed by atoms with Crippen molar-refractivity contribution in [1.29, 1.82) is 0 Å². The fourth-order valence-corrected chi connectivity index (χ4v) is 3.62. The van der Waals surface area contributed by atoms with Crippen molar-refractivity contribution in [2.24, 2.45) is 0 Å². The zero-order valence-electron chi connectivity index (χ0n) is 20.1. The van der Waals surface area contributed by atoms with Crippen molar-refractivity contribution in [3.8, 4) is 0 Å². The number of carbonyl (C=O) groups is 1. The summed E-state index contributed by atoms with van der Waals surface area (Å²) >= 11 is 0. The van der Waals surface area contributed by atoms with Crippen molar-refractivity contribution in [1.82, 2.24) is 15.0 Å². The van der Waals surface area contributed by atoms with Crippen molar-refractivity contribution in [2.45, 2.75) is 58.5 Å². The van der Waals surface area contributed by atoms with Crippen molar-refractivity contribution >= 4 is 35.9 Å². The van der Waals surface area contributed by atoms with Gasteiger partial charge >= 0.3 is 0 Å². The summed E-state index contributed by atoms with van der Waals surface area (Å²) in [6, 6.07) is 10.1. The number of rotatable bonds is 9. The largest absolute Gasteiger partial charge is 0.367 e. The Morgan fingerprint density at radius 2 is 2.06 bits per heavy atom. The minimum absolute atomic E-state index is 0.0345. The Bertz CT molecular complexity index is 1280. The Balaban J connectivity index is 1.42. The Morgan fingerprint density at radius 3 is 2.76 bits per heavy atom. The van der Waals surface area contributed by atoms with Crippen molar-refractivity contribution < 1.29 is 4.79 Å². The fraction of sp³-hybridized carbons (Fsp3) is 0.333. The molecule has 1 aliphatic carbocycles. The van der Waals surface area contributed by atoms with E-state index in [2.05, 4.69) is 50.5 Å². The molecule has 1 aliphatic rings. The number of benzene rings is 1. The Labute approximate surface area is 200 Å². The molecule has 0 spiro atoms. The highest BCUT2D eigenvalue weighted by molar-refractivity contribution is 6.04. The van der Waals surface area contributed by atoms with Crippen LogP contribution in [-0.2, 0) is 0 Å². The van der Waals surface area contributed by atoms with Gasteiger partial charge < -0.3 is 16.0 Å². The van der Waals surface area contributed by atoms with E-state index in [1.54, 1.807) is 12.4 Å². The number of amides is 1. The van der Waals surface area contributed by atoms with Gasteiger partial charge in [0, 0.05) is 17.9 Å². The molecule has 7 heteroatoms. The summed E-state index contributed by atoms with van der Waals surface area (Å²) in [7, 11) is 0. The topological polar surface area (TPSA) is 91.8 Å². The van der Waals surface area contributed by atoms with Crippen LogP contribution in [0.4, 0.5) is 17.3 Å². The van der Waals surface area contributed by atoms with Crippen LogP contribution in [-0.4, -0.2) is 26.9 Å². The molecule has 0 saturated heterocycles. The van der Waals surface area contributed by atoms with E-state index in [4.69, 9.17) is 0 Å². The number of hydrogen-bond acceptors (Lipinski definition) is 6. The van der Waals surface area contributed by atoms with Gasteiger partial charge in [0.05, 0.1) is 28.5 Å². The predicted octanol–water partition coefficient (Wildman–Crippen LogP) is 4.17. The van der Waals surface area contributed by atoms with E-state index in [9.17, 15) is 4.79 Å². The third-order valence-electron chi connectivity index (χ3n) is 5.77. The van der Waals surface area contributed by atoms with Crippen LogP contribution in [0.1, 0.15) is 67.1 Å². The Hall–Kier alpha value is -3.74. The molecule has 0 radical (unpaired) electrons. The standard InChI is InChI=1S/C27H32N6O/c1-5-6-10-24-19(4)31-25(16-28-24)30-18(3)20-8-7-9-23(14-20)33-27(34)21-13-17(2)26(29-15-21)32-22-11-12-22/h7-10,13-16,18,22H,4-6,11-12H2,1-3H3,(H,29,32)(H,30,31)(H,33,34)/b24-10+. The molecule has 1 fully saturated rings. The first kappa shape index (κ1) is 23.4. The maximum absolute atomic E-state index is 12.8. The van der Waals surface area contributed by atoms with E-state index in [0.717, 1.165) is 40.8 Å². The number of pyridine rings is 1. The summed E-state index contributed by atoms with van der Waals surface area (Å²) in [4.78, 5) is 26.3. The molecule has 1 atom stereocenters. The third kappa shape index (κ3) is 5.98. The number of anilines is 3. The third-order valence-corrected chi connectivity index (χ3v) is 5.77. The van der Waals surface area contributed by atoms with Crippen molar-refractivity contribution in [3.05, 3.63) is 70.1 Å². The van der Waals surface area contributed by atoms with Crippen LogP contribution >= 0.6 is 0 Å². The van der Waals surface area contributed by atoms with Gasteiger partial charge in [-0.3, -0.25) is 9.78 Å². The molecule has 1 saturated carbocycles. The molecule has 3 N–H and O–H groups in total. The normalized spacial score (nSPS) is 14.5. The predicted molar refractivity (Wildman–Crippen MR) is 138 cm³/mol. The maximum Gasteiger partial charge on any atom is 0.257 e. The molecule has 2 heterocycles. The number of carbonyl (C=O) groups excluding carboxylic acids is 1. The number of unbranched alkanes of at least 4 members (excludes halogenated alkanes) is 1. The van der Waals surface area contributed by atoms with Gasteiger partial charge in [0.25, 0.3) is 5.91 Å². The SMILES string of the molecule is C=c1nc(NC(C)c2cccc(NC(=O)c3cnc(NC4CC4)c(C)c3)c2)cn/c1=C/CCC. The van der Waals surface area contributed by atoms with Gasteiger partial charge in [-0.25, -0.2) is 9.97 Å². The molecule has 1 unspecified atom stereocenters. The van der Waals surface area contributed by atoms with E-state index < -0.39 is 0 Å². The first-order chi connectivity index (χ1) is 16.4. The Kier molecular flexibility index (Phi) is 7.21. The first-order valence-corrected chi connectivity index (χ1v) is 11.9. The maximum atomic E-state index is 12.8. The molecule has 3 aromatic rings. The van der Waals surface area contributed by atoms with Gasteiger partial charge in [-0.15, -0.1) is 0 Å². The average Bonchev–Trinajstić information content (AvgIpc) is 3.64. The molecule has 1 amide bonds. The van der Waals surface area contributed by atoms with Gasteiger partial charge in [0.15, 0.2) is 0 Å². The van der Waals surface area contributed by atoms with Crippen LogP contribution in [0.25, 0.3) is 12.7 Å². The zero-order valence-corrected chi connectivity index (χ0v) is 20.1. The van der Waals surface area contributed by atoms with Gasteiger partial charge in [-0.05, 0) is 62.4 Å². The quantitative estimate of drug-likeness (QED) is 0.448. The highest BCUT2D eigenvalue weighted by Gasteiger charge is 2.22. The van der Waals surface area contributed by atoms with Crippen LogP contribution in [0, 0.1) is 6.92 Å². The zero-order chi connectivity index (χ0) is 24.1. The second-order valence-electron chi connectivity index (χ2n) is 8.83. The second kappa shape index (κ2) is 10.5. The molecular formula is C27H32N6O. The second-order valence-corrected chi connectivity index (χ2v) is 8.83. The van der Waals surface area contributed by atoms with Crippen molar-refractivity contribution in [2.75, 3.05) is 16.0 Å². The lowest BCUT2D eigenvalue weighted by Gasteiger charge is -2.16. The number of aryl methyl sites for hydroxylation is 1. The molecular weight excluding hydrogens is 424 g/mol. The fourth-order valence-electron chi connectivity index (χ4n) is 3.62. The van der Waals surface area contributed by atoms with Crippen LogP contribution in [0.3, 0.4) is 0 Å². The summed E-state index contributed by atoms with van der Waals surface area (Å²) < 4.78 is 0. The van der Waals surface area contributed by atoms with E-state index in [0.29, 0.717) is 22.8 Å². The summed E-state index contributed by atoms with van der Waals surface area (Å²) in [6.07, 6.45) is 9.79. The minimum Gasteiger partial charge on any atom is -0.367 e. The van der Waals surface area contributed by atoms with E-state index >= 15 is 0 Å². The van der Waals surface area contributed by atoms with Crippen molar-refractivity contribution in [3.63, 3.8) is 0 Å². The monoisotopic (exact) mass is 456 g/mol. The number of aromatic nitrogens is 3. The van der Waals surface area contributed by atoms with Gasteiger partial charge in [0.1, 0.15) is 11.6 Å². The lowest BCUT2D eigenvalue weighted by Crippen LogP contribution is -2.30. The summed E-state index contributed by atoms with van der Waals surface area (Å²) in [5.41, 5.74) is 3.25. The number of hydrogen-bond donors (Lipinski definition) is 3. The van der Waals surface area contributed by atoms with Crippen LogP contribution in [0.2, 0.25) is 0 Å². The van der Waals surface area contributed by atoms with Crippen LogP contribution in [0.5, 0.6) is 0 Å². The Morgan fingerprint density at radius 1 is 1.24 bits per heavy atom. The van der Waals surface area contributed by atoms with Gasteiger partial charge in [-0.2, -0.15) is 0 Å². The molecule has 7 nitrogen and oxygen atoms in total. The molecule has 4 rings (SSSR count). The average molecular weight is 457 g/mol. The lowest BCUT2D eigenvalue weighted by molar-refractivity contribution is 0.102. The first-order valence-electron chi connectivity index (χ1n) is 11.9. The molecule has 0 bridgehead atoms. The smallest absolute Gasteiger partial charge is 0.257 e.